The molecule has 1 aromatic heterocycles. The van der Waals surface area contributed by atoms with Gasteiger partial charge in [-0.2, -0.15) is 0 Å². The smallest absolute Gasteiger partial charge is 0.290 e. The Labute approximate surface area is 223 Å². The van der Waals surface area contributed by atoms with E-state index in [0.29, 0.717) is 25.1 Å². The fourth-order valence-electron chi connectivity index (χ4n) is 4.54. The van der Waals surface area contributed by atoms with E-state index in [1.807, 2.05) is 38.1 Å². The van der Waals surface area contributed by atoms with Crippen LogP contribution in [0, 0.1) is 11.8 Å². The summed E-state index contributed by atoms with van der Waals surface area (Å²) in [6, 6.07) is 7.00. The molecule has 0 bridgehead atoms. The van der Waals surface area contributed by atoms with Crippen LogP contribution in [0.4, 0.5) is 0 Å². The number of amides is 4. The highest BCUT2D eigenvalue weighted by molar-refractivity contribution is 6.38. The van der Waals surface area contributed by atoms with Crippen LogP contribution in [-0.4, -0.2) is 58.6 Å². The summed E-state index contributed by atoms with van der Waals surface area (Å²) in [5.74, 6) is -3.35. The molecule has 206 valence electrons. The first-order valence-corrected chi connectivity index (χ1v) is 13.2. The van der Waals surface area contributed by atoms with Crippen LogP contribution in [0.2, 0.25) is 0 Å². The minimum Gasteiger partial charge on any atom is -0.356 e. The second-order valence-corrected chi connectivity index (χ2v) is 11.4. The summed E-state index contributed by atoms with van der Waals surface area (Å²) in [5, 5.41) is 11.7. The maximum Gasteiger partial charge on any atom is 0.290 e. The summed E-state index contributed by atoms with van der Waals surface area (Å²) in [6.07, 6.45) is 1.62. The van der Waals surface area contributed by atoms with Gasteiger partial charge in [0.2, 0.25) is 17.6 Å². The van der Waals surface area contributed by atoms with Crippen molar-refractivity contribution in [3.05, 3.63) is 36.0 Å². The van der Waals surface area contributed by atoms with Crippen molar-refractivity contribution in [2.45, 2.75) is 77.9 Å². The fraction of sp³-hybridized carbons (Fsp3) is 0.536. The molecule has 1 saturated heterocycles. The highest BCUT2D eigenvalue weighted by Crippen LogP contribution is 2.19. The van der Waals surface area contributed by atoms with Gasteiger partial charge in [0.05, 0.1) is 6.04 Å². The number of hydrogen-bond acceptors (Lipinski definition) is 5. The van der Waals surface area contributed by atoms with E-state index in [2.05, 4.69) is 26.3 Å². The van der Waals surface area contributed by atoms with Gasteiger partial charge in [0.25, 0.3) is 11.8 Å². The van der Waals surface area contributed by atoms with Crippen LogP contribution >= 0.6 is 0 Å². The van der Waals surface area contributed by atoms with Crippen molar-refractivity contribution >= 4 is 40.3 Å². The van der Waals surface area contributed by atoms with E-state index in [4.69, 9.17) is 0 Å². The molecule has 1 fully saturated rings. The minimum absolute atomic E-state index is 0.00165. The highest BCUT2D eigenvalue weighted by Gasteiger charge is 2.36. The van der Waals surface area contributed by atoms with Gasteiger partial charge in [0, 0.05) is 28.9 Å². The van der Waals surface area contributed by atoms with Gasteiger partial charge in [-0.05, 0) is 64.5 Å². The molecular weight excluding hydrogens is 486 g/mol. The third-order valence-electron chi connectivity index (χ3n) is 6.37. The number of para-hydroxylation sites is 1. The van der Waals surface area contributed by atoms with Crippen LogP contribution < -0.4 is 21.3 Å². The van der Waals surface area contributed by atoms with E-state index < -0.39 is 47.0 Å². The number of Topliss-reactive ketones (excluding diaryl/α,β-unsaturated/α-hetero) is 1. The average Bonchev–Trinajstić information content (AvgIpc) is 3.27. The maximum atomic E-state index is 13.4. The van der Waals surface area contributed by atoms with Gasteiger partial charge in [0.15, 0.2) is 0 Å². The van der Waals surface area contributed by atoms with Crippen LogP contribution in [-0.2, 0) is 19.2 Å². The number of hydrogen-bond donors (Lipinski definition) is 5. The molecule has 1 aliphatic rings. The van der Waals surface area contributed by atoms with Crippen molar-refractivity contribution in [1.82, 2.24) is 26.3 Å². The van der Waals surface area contributed by atoms with Crippen LogP contribution in [0.1, 0.15) is 70.8 Å². The molecule has 4 amide bonds. The van der Waals surface area contributed by atoms with E-state index in [1.165, 1.54) is 0 Å². The first-order chi connectivity index (χ1) is 17.8. The fourth-order valence-corrected chi connectivity index (χ4v) is 4.54. The van der Waals surface area contributed by atoms with E-state index in [9.17, 15) is 24.0 Å². The Morgan fingerprint density at radius 3 is 2.39 bits per heavy atom. The van der Waals surface area contributed by atoms with Crippen molar-refractivity contribution < 1.29 is 24.0 Å². The van der Waals surface area contributed by atoms with Gasteiger partial charge < -0.3 is 26.3 Å². The minimum atomic E-state index is -1.21. The first kappa shape index (κ1) is 28.9. The van der Waals surface area contributed by atoms with Crippen LogP contribution in [0.15, 0.2) is 30.3 Å². The van der Waals surface area contributed by atoms with Gasteiger partial charge in [-0.15, -0.1) is 0 Å². The molecule has 10 nitrogen and oxygen atoms in total. The third kappa shape index (κ3) is 7.90. The molecule has 1 aliphatic heterocycles. The Balaban J connectivity index is 1.79. The second-order valence-electron chi connectivity index (χ2n) is 11.4. The highest BCUT2D eigenvalue weighted by atomic mass is 16.2. The van der Waals surface area contributed by atoms with Gasteiger partial charge in [0.1, 0.15) is 11.7 Å². The average molecular weight is 526 g/mol. The van der Waals surface area contributed by atoms with Crippen LogP contribution in [0.3, 0.4) is 0 Å². The molecule has 0 unspecified atom stereocenters. The lowest BCUT2D eigenvalue weighted by Crippen LogP contribution is -2.56. The molecule has 5 N–H and O–H groups in total. The Morgan fingerprint density at radius 2 is 1.76 bits per heavy atom. The Bertz CT molecular complexity index is 1160. The molecule has 38 heavy (non-hydrogen) atoms. The molecule has 0 radical (unpaired) electrons. The standard InChI is InChI=1S/C28H39N5O5/c1-16(2)13-21(32-26(37)22-14-17-9-6-7-11-19(17)30-22)25(36)31-20(15-18-10-8-12-29-24(18)35)23(34)27(38)33-28(3,4)5/h6-7,9,11,14,16,18,20-21,30H,8,10,12-13,15H2,1-5H3,(H,29,35)(H,31,36)(H,32,37)(H,33,38)/t18-,20-,21-/m0/s1. The number of ketones is 1. The van der Waals surface area contributed by atoms with Crippen molar-refractivity contribution in [3.63, 3.8) is 0 Å². The molecule has 0 saturated carbocycles. The summed E-state index contributed by atoms with van der Waals surface area (Å²) in [4.78, 5) is 67.8. The van der Waals surface area contributed by atoms with Crippen molar-refractivity contribution in [2.75, 3.05) is 6.54 Å². The number of aromatic nitrogens is 1. The summed E-state index contributed by atoms with van der Waals surface area (Å²) < 4.78 is 0. The number of piperidine rings is 1. The topological polar surface area (TPSA) is 149 Å². The van der Waals surface area contributed by atoms with E-state index in [-0.39, 0.29) is 18.2 Å². The maximum absolute atomic E-state index is 13.4. The summed E-state index contributed by atoms with van der Waals surface area (Å²) in [5.41, 5.74) is 0.449. The zero-order valence-electron chi connectivity index (χ0n) is 22.8. The lowest BCUT2D eigenvalue weighted by Gasteiger charge is -2.28. The van der Waals surface area contributed by atoms with Crippen molar-refractivity contribution in [3.8, 4) is 0 Å². The molecular formula is C28H39N5O5. The molecule has 1 aromatic carbocycles. The number of carbonyl (C=O) groups excluding carboxylic acids is 5. The normalized spacial score (nSPS) is 17.4. The predicted octanol–water partition coefficient (Wildman–Crippen LogP) is 2.20. The molecule has 3 atom stereocenters. The number of nitrogens with one attached hydrogen (secondary N) is 5. The Hall–Kier alpha value is -3.69. The molecule has 2 aromatic rings. The number of benzene rings is 1. The zero-order valence-corrected chi connectivity index (χ0v) is 22.8. The predicted molar refractivity (Wildman–Crippen MR) is 144 cm³/mol. The zero-order chi connectivity index (χ0) is 28.0. The molecule has 0 spiro atoms. The van der Waals surface area contributed by atoms with Gasteiger partial charge in [-0.1, -0.05) is 32.0 Å². The monoisotopic (exact) mass is 525 g/mol. The van der Waals surface area contributed by atoms with Crippen molar-refractivity contribution in [2.24, 2.45) is 11.8 Å². The molecule has 0 aliphatic carbocycles. The summed E-state index contributed by atoms with van der Waals surface area (Å²) in [6.45, 7) is 9.64. The number of rotatable bonds is 10. The Morgan fingerprint density at radius 1 is 1.05 bits per heavy atom. The molecule has 2 heterocycles. The molecule has 3 rings (SSSR count). The number of carbonyl (C=O) groups is 5. The lowest BCUT2D eigenvalue weighted by atomic mass is 9.89. The van der Waals surface area contributed by atoms with Gasteiger partial charge in [-0.25, -0.2) is 0 Å². The number of H-pyrrole nitrogens is 1. The van der Waals surface area contributed by atoms with Crippen LogP contribution in [0.5, 0.6) is 0 Å². The third-order valence-corrected chi connectivity index (χ3v) is 6.37. The first-order valence-electron chi connectivity index (χ1n) is 13.2. The SMILES string of the molecule is CC(C)C[C@H](NC(=O)c1cc2ccccc2[nH]1)C(=O)N[C@@H](C[C@@H]1CCCNC1=O)C(=O)C(=O)NC(C)(C)C. The Kier molecular flexibility index (Phi) is 9.30. The van der Waals surface area contributed by atoms with Crippen LogP contribution in [0.25, 0.3) is 10.9 Å². The van der Waals surface area contributed by atoms with Gasteiger partial charge >= 0.3 is 0 Å². The van der Waals surface area contributed by atoms with E-state index >= 15 is 0 Å². The van der Waals surface area contributed by atoms with Crippen molar-refractivity contribution in [1.29, 1.82) is 0 Å². The summed E-state index contributed by atoms with van der Waals surface area (Å²) >= 11 is 0. The van der Waals surface area contributed by atoms with Gasteiger partial charge in [-0.3, -0.25) is 24.0 Å². The quantitative estimate of drug-likeness (QED) is 0.302. The number of aromatic amines is 1. The lowest BCUT2D eigenvalue weighted by molar-refractivity contribution is -0.142. The number of fused-ring (bicyclic) bond motifs is 1. The largest absolute Gasteiger partial charge is 0.356 e. The second kappa shape index (κ2) is 12.2. The molecule has 10 heteroatoms. The summed E-state index contributed by atoms with van der Waals surface area (Å²) in [7, 11) is 0. The van der Waals surface area contributed by atoms with E-state index in [0.717, 1.165) is 17.3 Å². The van der Waals surface area contributed by atoms with E-state index in [1.54, 1.807) is 26.8 Å².